The fourth-order valence-corrected chi connectivity index (χ4v) is 1.22. The Morgan fingerprint density at radius 1 is 1.36 bits per heavy atom. The van der Waals surface area contributed by atoms with Crippen molar-refractivity contribution in [2.75, 3.05) is 14.1 Å². The van der Waals surface area contributed by atoms with Gasteiger partial charge in [-0.3, -0.25) is 5.10 Å². The van der Waals surface area contributed by atoms with Crippen LogP contribution in [-0.4, -0.2) is 35.5 Å². The summed E-state index contributed by atoms with van der Waals surface area (Å²) in [4.78, 5) is 6.13. The maximum absolute atomic E-state index is 4.25. The second-order valence-electron chi connectivity index (χ2n) is 3.30. The van der Waals surface area contributed by atoms with Gasteiger partial charge < -0.3 is 4.90 Å². The predicted octanol–water partition coefficient (Wildman–Crippen LogP) is 1.78. The van der Waals surface area contributed by atoms with E-state index in [0.717, 1.165) is 16.7 Å². The lowest BCUT2D eigenvalue weighted by atomic mass is 10.2. The molecule has 0 unspecified atom stereocenters. The number of H-pyrrole nitrogens is 1. The average molecular weight is 188 g/mol. The number of aromatic nitrogens is 2. The number of rotatable bonds is 2. The van der Waals surface area contributed by atoms with E-state index in [1.54, 1.807) is 6.34 Å². The number of benzene rings is 1. The Bertz CT molecular complexity index is 456. The molecule has 72 valence electrons. The predicted molar refractivity (Wildman–Crippen MR) is 57.9 cm³/mol. The second-order valence-corrected chi connectivity index (χ2v) is 3.30. The van der Waals surface area contributed by atoms with Gasteiger partial charge in [0, 0.05) is 19.5 Å². The summed E-state index contributed by atoms with van der Waals surface area (Å²) < 4.78 is 0. The van der Waals surface area contributed by atoms with Gasteiger partial charge in [-0.05, 0) is 12.1 Å². The number of fused-ring (bicyclic) bond motifs is 1. The van der Waals surface area contributed by atoms with Crippen molar-refractivity contribution in [3.63, 3.8) is 0 Å². The number of nitrogens with one attached hydrogen (secondary N) is 1. The zero-order valence-corrected chi connectivity index (χ0v) is 8.23. The van der Waals surface area contributed by atoms with Crippen LogP contribution in [0, 0.1) is 0 Å². The Kier molecular flexibility index (Phi) is 2.18. The Morgan fingerprint density at radius 2 is 2.14 bits per heavy atom. The van der Waals surface area contributed by atoms with Gasteiger partial charge in [0.2, 0.25) is 0 Å². The molecule has 0 saturated carbocycles. The van der Waals surface area contributed by atoms with Gasteiger partial charge in [0.1, 0.15) is 0 Å². The number of hydrogen-bond acceptors (Lipinski definition) is 2. The zero-order valence-electron chi connectivity index (χ0n) is 8.23. The van der Waals surface area contributed by atoms with Gasteiger partial charge in [0.25, 0.3) is 0 Å². The number of aromatic amines is 1. The third-order valence-corrected chi connectivity index (χ3v) is 1.86. The lowest BCUT2D eigenvalue weighted by Gasteiger charge is -2.00. The molecule has 4 heteroatoms. The molecule has 1 heterocycles. The molecule has 2 aromatic rings. The number of hydrogen-bond donors (Lipinski definition) is 1. The van der Waals surface area contributed by atoms with Crippen LogP contribution in [0.1, 0.15) is 0 Å². The van der Waals surface area contributed by atoms with Gasteiger partial charge in [0.15, 0.2) is 5.82 Å². The minimum atomic E-state index is 0.731. The van der Waals surface area contributed by atoms with Gasteiger partial charge >= 0.3 is 0 Å². The zero-order chi connectivity index (χ0) is 9.97. The second kappa shape index (κ2) is 3.49. The van der Waals surface area contributed by atoms with Crippen molar-refractivity contribution >= 4 is 23.1 Å². The van der Waals surface area contributed by atoms with E-state index in [-0.39, 0.29) is 0 Å². The standard InChI is InChI=1S/C10H12N4/c1-14(2)7-11-10-8-5-3-4-6-9(8)12-13-10/h3-7H,1-2H3,(H,12,13)/b11-7-. The van der Waals surface area contributed by atoms with Gasteiger partial charge in [-0.15, -0.1) is 0 Å². The molecule has 1 aromatic carbocycles. The van der Waals surface area contributed by atoms with Crippen LogP contribution in [0.2, 0.25) is 0 Å². The summed E-state index contributed by atoms with van der Waals surface area (Å²) in [5, 5.41) is 8.09. The summed E-state index contributed by atoms with van der Waals surface area (Å²) in [5.41, 5.74) is 1.01. The molecule has 0 radical (unpaired) electrons. The number of para-hydroxylation sites is 1. The molecule has 2 rings (SSSR count). The summed E-state index contributed by atoms with van der Waals surface area (Å²) in [7, 11) is 3.86. The van der Waals surface area contributed by atoms with Gasteiger partial charge in [-0.2, -0.15) is 5.10 Å². The van der Waals surface area contributed by atoms with E-state index in [1.165, 1.54) is 0 Å². The molecule has 4 nitrogen and oxygen atoms in total. The number of nitrogens with zero attached hydrogens (tertiary/aromatic N) is 3. The maximum atomic E-state index is 4.25. The van der Waals surface area contributed by atoms with Crippen molar-refractivity contribution in [2.45, 2.75) is 0 Å². The summed E-state index contributed by atoms with van der Waals surface area (Å²) >= 11 is 0. The molecule has 0 atom stereocenters. The highest BCUT2D eigenvalue weighted by molar-refractivity contribution is 5.89. The first-order chi connectivity index (χ1) is 6.77. The fourth-order valence-electron chi connectivity index (χ4n) is 1.22. The molecule has 0 amide bonds. The Labute approximate surface area is 82.3 Å². The van der Waals surface area contributed by atoms with Crippen molar-refractivity contribution in [3.05, 3.63) is 24.3 Å². The van der Waals surface area contributed by atoms with E-state index in [4.69, 9.17) is 0 Å². The topological polar surface area (TPSA) is 44.3 Å². The third kappa shape index (κ3) is 1.59. The monoisotopic (exact) mass is 188 g/mol. The summed E-state index contributed by atoms with van der Waals surface area (Å²) in [6.45, 7) is 0. The summed E-state index contributed by atoms with van der Waals surface area (Å²) in [6, 6.07) is 7.94. The molecular formula is C10H12N4. The molecule has 1 aromatic heterocycles. The first kappa shape index (κ1) is 8.74. The molecule has 0 aliphatic rings. The Morgan fingerprint density at radius 3 is 2.93 bits per heavy atom. The third-order valence-electron chi connectivity index (χ3n) is 1.86. The summed E-state index contributed by atoms with van der Waals surface area (Å²) in [5.74, 6) is 0.731. The normalized spacial score (nSPS) is 11.3. The lowest BCUT2D eigenvalue weighted by Crippen LogP contribution is -2.06. The average Bonchev–Trinajstić information content (AvgIpc) is 2.58. The van der Waals surface area contributed by atoms with Crippen LogP contribution >= 0.6 is 0 Å². The molecule has 0 saturated heterocycles. The Balaban J connectivity index is 2.43. The molecule has 0 fully saturated rings. The Hall–Kier alpha value is -1.84. The van der Waals surface area contributed by atoms with Gasteiger partial charge in [-0.25, -0.2) is 4.99 Å². The largest absolute Gasteiger partial charge is 0.369 e. The van der Waals surface area contributed by atoms with Crippen LogP contribution in [0.5, 0.6) is 0 Å². The quantitative estimate of drug-likeness (QED) is 0.576. The van der Waals surface area contributed by atoms with E-state index in [2.05, 4.69) is 15.2 Å². The van der Waals surface area contributed by atoms with Crippen molar-refractivity contribution in [3.8, 4) is 0 Å². The van der Waals surface area contributed by atoms with Crippen LogP contribution in [0.3, 0.4) is 0 Å². The van der Waals surface area contributed by atoms with Crippen LogP contribution < -0.4 is 0 Å². The molecule has 0 aliphatic carbocycles. The highest BCUT2D eigenvalue weighted by Gasteiger charge is 2.01. The van der Waals surface area contributed by atoms with E-state index in [9.17, 15) is 0 Å². The van der Waals surface area contributed by atoms with Gasteiger partial charge in [-0.1, -0.05) is 12.1 Å². The molecule has 1 N–H and O–H groups in total. The first-order valence-electron chi connectivity index (χ1n) is 4.41. The van der Waals surface area contributed by atoms with Crippen LogP contribution in [0.15, 0.2) is 29.3 Å². The molecule has 0 aliphatic heterocycles. The minimum Gasteiger partial charge on any atom is -0.369 e. The van der Waals surface area contributed by atoms with E-state index in [1.807, 2.05) is 43.3 Å². The van der Waals surface area contributed by atoms with E-state index in [0.29, 0.717) is 0 Å². The number of aliphatic imine (C=N–C) groups is 1. The summed E-state index contributed by atoms with van der Waals surface area (Å²) in [6.07, 6.45) is 1.74. The molecule has 0 spiro atoms. The SMILES string of the molecule is CN(C)/C=N\c1n[nH]c2ccccc12. The molecular weight excluding hydrogens is 176 g/mol. The van der Waals surface area contributed by atoms with Crippen molar-refractivity contribution in [2.24, 2.45) is 4.99 Å². The van der Waals surface area contributed by atoms with Crippen molar-refractivity contribution < 1.29 is 0 Å². The first-order valence-corrected chi connectivity index (χ1v) is 4.41. The van der Waals surface area contributed by atoms with Crippen molar-refractivity contribution in [1.29, 1.82) is 0 Å². The van der Waals surface area contributed by atoms with Crippen LogP contribution in [0.25, 0.3) is 10.9 Å². The molecule has 0 bridgehead atoms. The van der Waals surface area contributed by atoms with Crippen molar-refractivity contribution in [1.82, 2.24) is 15.1 Å². The van der Waals surface area contributed by atoms with E-state index >= 15 is 0 Å². The fraction of sp³-hybridized carbons (Fsp3) is 0.200. The van der Waals surface area contributed by atoms with Crippen LogP contribution in [-0.2, 0) is 0 Å². The van der Waals surface area contributed by atoms with Gasteiger partial charge in [0.05, 0.1) is 11.9 Å². The van der Waals surface area contributed by atoms with Crippen LogP contribution in [0.4, 0.5) is 5.82 Å². The maximum Gasteiger partial charge on any atom is 0.182 e. The smallest absolute Gasteiger partial charge is 0.182 e. The molecule has 14 heavy (non-hydrogen) atoms. The van der Waals surface area contributed by atoms with E-state index < -0.39 is 0 Å². The minimum absolute atomic E-state index is 0.731. The highest BCUT2D eigenvalue weighted by Crippen LogP contribution is 2.21. The lowest BCUT2D eigenvalue weighted by molar-refractivity contribution is 0.643. The highest BCUT2D eigenvalue weighted by atomic mass is 15.2.